The summed E-state index contributed by atoms with van der Waals surface area (Å²) < 4.78 is 20.8. The van der Waals surface area contributed by atoms with Gasteiger partial charge in [-0.1, -0.05) is 32.8 Å². The molecule has 7 aliphatic heterocycles. The van der Waals surface area contributed by atoms with Crippen molar-refractivity contribution in [2.75, 3.05) is 90.7 Å². The zero-order chi connectivity index (χ0) is 56.9. The van der Waals surface area contributed by atoms with Crippen LogP contribution in [0, 0.1) is 22.7 Å². The normalized spacial score (nSPS) is 30.6. The third kappa shape index (κ3) is 10.8. The minimum absolute atomic E-state index is 0.0377. The number of anilines is 1. The number of nitrogens with one attached hydrogen (secondary N) is 2. The lowest BCUT2D eigenvalue weighted by Crippen LogP contribution is -2.62. The Labute approximate surface area is 493 Å². The summed E-state index contributed by atoms with van der Waals surface area (Å²) in [7, 11) is 1.74. The third-order valence-electron chi connectivity index (χ3n) is 21.0. The van der Waals surface area contributed by atoms with Crippen molar-refractivity contribution < 1.29 is 33.4 Å². The van der Waals surface area contributed by atoms with Gasteiger partial charge in [-0.25, -0.2) is 10.4 Å². The first-order valence-corrected chi connectivity index (χ1v) is 32.7. The molecule has 9 atom stereocenters. The number of pyridine rings is 1. The van der Waals surface area contributed by atoms with Crippen molar-refractivity contribution in [3.05, 3.63) is 52.1 Å². The number of rotatable bonds is 12. The molecule has 10 heterocycles. The van der Waals surface area contributed by atoms with Gasteiger partial charge < -0.3 is 33.9 Å². The van der Waals surface area contributed by atoms with Crippen LogP contribution < -0.4 is 15.6 Å². The highest BCUT2D eigenvalue weighted by molar-refractivity contribution is 7.10. The first kappa shape index (κ1) is 55.8. The van der Waals surface area contributed by atoms with Crippen LogP contribution in [0.4, 0.5) is 5.69 Å². The number of aromatic nitrogens is 3. The predicted molar refractivity (Wildman–Crippen MR) is 318 cm³/mol. The Morgan fingerprint density at radius 3 is 2.58 bits per heavy atom. The Morgan fingerprint density at radius 1 is 0.952 bits per heavy atom. The summed E-state index contributed by atoms with van der Waals surface area (Å²) >= 11 is 1.51. The number of thiazole rings is 1. The van der Waals surface area contributed by atoms with E-state index in [1.165, 1.54) is 37.0 Å². The number of nitrogens with zero attached hydrogens (tertiary/aromatic N) is 9. The minimum Gasteiger partial charge on any atom is -0.464 e. The standard InChI is InChI=1S/C64H87N11O7S/c1-6-73-52-18-15-42-28-46(52)48(57(73)47-29-44(32-65-54(47)39(2)80-5)70-25-24-69-26-27-81-34-45(69)33-70)31-63(3,4)38-82-62(79)49-12-9-21-74(68-49)60(77)50(30-53-66-51(42)35-83-53)67-59(76)56(40-10-7-8-11-40)71-22-19-64(36-71)20-23-72(37-64)61(78)58-55(41-13-14-41)75(58)43-16-17-43/h15,18,28-29,32,35,39-41,43,45,49-50,55-56,58,68H,6-14,16-17,19-27,30-31,33-34,36-38H2,1-5H3,(H,67,76)/t39-,45-,49-,50-,55+,56-,58+,64-,75?/m0/s1. The Hall–Kier alpha value is -5.02. The second-order valence-electron chi connectivity index (χ2n) is 27.3. The van der Waals surface area contributed by atoms with Crippen LogP contribution in [0.25, 0.3) is 33.4 Å². The molecule has 9 fully saturated rings. The van der Waals surface area contributed by atoms with Gasteiger partial charge in [0.05, 0.1) is 72.0 Å². The maximum absolute atomic E-state index is 15.4. The molecule has 1 spiro atoms. The van der Waals surface area contributed by atoms with E-state index in [9.17, 15) is 9.59 Å². The van der Waals surface area contributed by atoms with Crippen LogP contribution in [-0.4, -0.2) is 191 Å². The average molecular weight is 1150 g/mol. The summed E-state index contributed by atoms with van der Waals surface area (Å²) in [5.74, 6) is 0.423. The van der Waals surface area contributed by atoms with Crippen LogP contribution in [0.15, 0.2) is 35.8 Å². The van der Waals surface area contributed by atoms with E-state index in [2.05, 4.69) is 97.1 Å². The number of aryl methyl sites for hydroxylation is 1. The number of hydrazine groups is 1. The Morgan fingerprint density at radius 2 is 1.78 bits per heavy atom. The fourth-order valence-corrected chi connectivity index (χ4v) is 17.0. The van der Waals surface area contributed by atoms with Crippen LogP contribution in [0.3, 0.4) is 0 Å². The second-order valence-corrected chi connectivity index (χ2v) is 28.3. The molecular formula is C64H87N11O7S. The number of methoxy groups -OCH3 is 1. The predicted octanol–water partition coefficient (Wildman–Crippen LogP) is 6.83. The highest BCUT2D eigenvalue weighted by atomic mass is 32.1. The molecule has 10 aliphatic rings. The van der Waals surface area contributed by atoms with E-state index in [1.807, 2.05) is 6.20 Å². The number of amides is 3. The van der Waals surface area contributed by atoms with E-state index in [-0.39, 0.29) is 48.3 Å². The largest absolute Gasteiger partial charge is 0.464 e. The topological polar surface area (TPSA) is 170 Å². The molecule has 446 valence electrons. The lowest BCUT2D eigenvalue weighted by Gasteiger charge is -2.44. The Kier molecular flexibility index (Phi) is 15.0. The van der Waals surface area contributed by atoms with Crippen molar-refractivity contribution >= 4 is 51.6 Å². The molecule has 1 aromatic carbocycles. The molecular weight excluding hydrogens is 1070 g/mol. The molecule has 6 saturated heterocycles. The summed E-state index contributed by atoms with van der Waals surface area (Å²) in [6.07, 6.45) is 14.6. The number of hydrogen-bond acceptors (Lipinski definition) is 15. The van der Waals surface area contributed by atoms with E-state index < -0.39 is 29.5 Å². The zero-order valence-corrected chi connectivity index (χ0v) is 50.4. The molecule has 18 nitrogen and oxygen atoms in total. The quantitative estimate of drug-likeness (QED) is 0.112. The summed E-state index contributed by atoms with van der Waals surface area (Å²) in [6.45, 7) is 18.2. The molecule has 6 bridgehead atoms. The lowest BCUT2D eigenvalue weighted by atomic mass is 9.84. The van der Waals surface area contributed by atoms with Crippen LogP contribution in [0.5, 0.6) is 0 Å². The fraction of sp³-hybridized carbons (Fsp3) is 0.688. The van der Waals surface area contributed by atoms with Crippen LogP contribution >= 0.6 is 11.3 Å². The van der Waals surface area contributed by atoms with E-state index in [0.29, 0.717) is 62.3 Å². The van der Waals surface area contributed by atoms with Crippen molar-refractivity contribution in [3.8, 4) is 22.5 Å². The summed E-state index contributed by atoms with van der Waals surface area (Å²) in [5.41, 5.74) is 10.8. The van der Waals surface area contributed by atoms with E-state index in [4.69, 9.17) is 24.2 Å². The third-order valence-corrected chi connectivity index (χ3v) is 21.8. The first-order chi connectivity index (χ1) is 40.3. The molecule has 3 aliphatic carbocycles. The van der Waals surface area contributed by atoms with Gasteiger partial charge >= 0.3 is 5.97 Å². The molecule has 4 aromatic rings. The van der Waals surface area contributed by atoms with Gasteiger partial charge in [-0.15, -0.1) is 11.3 Å². The average Bonchev–Trinajstić information content (AvgIpc) is 1.92. The Balaban J connectivity index is 0.774. The summed E-state index contributed by atoms with van der Waals surface area (Å²) in [5, 5.41) is 8.87. The SMILES string of the molecule is CCn1c(-c2cc(N3CCN4CCOC[C@@H]4C3)cnc2[C@H](C)OC)c2c3cc(ccc31)-c1csc(n1)C[C@H](NC(=O)[C@H](C1CCCC1)N1CC[C@]3(CCN(C(=O)[C@H]4[C@@H](C5CC5)N4C4CC4)C3)C1)C(=O)N1CCC[C@H](N1)C(=O)OCC(C)(C)C2. The van der Waals surface area contributed by atoms with Crippen molar-refractivity contribution in [3.63, 3.8) is 0 Å². The summed E-state index contributed by atoms with van der Waals surface area (Å²) in [6, 6.07) is 8.36. The minimum atomic E-state index is -0.933. The maximum Gasteiger partial charge on any atom is 0.324 e. The molecule has 14 rings (SSSR count). The zero-order valence-electron chi connectivity index (χ0n) is 49.6. The van der Waals surface area contributed by atoms with Gasteiger partial charge in [0.25, 0.3) is 5.91 Å². The number of carbonyl (C=O) groups is 4. The number of esters is 1. The molecule has 2 N–H and O–H groups in total. The van der Waals surface area contributed by atoms with Gasteiger partial charge in [0.2, 0.25) is 11.8 Å². The van der Waals surface area contributed by atoms with Crippen molar-refractivity contribution in [1.82, 2.24) is 49.9 Å². The smallest absolute Gasteiger partial charge is 0.324 e. The first-order valence-electron chi connectivity index (χ1n) is 31.8. The van der Waals surface area contributed by atoms with E-state index in [0.717, 1.165) is 159 Å². The lowest BCUT2D eigenvalue weighted by molar-refractivity contribution is -0.155. The maximum atomic E-state index is 15.4. The highest BCUT2D eigenvalue weighted by Gasteiger charge is 2.64. The van der Waals surface area contributed by atoms with Crippen LogP contribution in [-0.2, 0) is 52.8 Å². The molecule has 3 amide bonds. The molecule has 3 saturated carbocycles. The van der Waals surface area contributed by atoms with E-state index >= 15 is 9.59 Å². The van der Waals surface area contributed by atoms with Gasteiger partial charge in [0, 0.05) is 123 Å². The van der Waals surface area contributed by atoms with Gasteiger partial charge in [-0.2, -0.15) is 0 Å². The van der Waals surface area contributed by atoms with Crippen molar-refractivity contribution in [1.29, 1.82) is 0 Å². The molecule has 1 unspecified atom stereocenters. The molecule has 83 heavy (non-hydrogen) atoms. The monoisotopic (exact) mass is 1150 g/mol. The fourth-order valence-electron chi connectivity index (χ4n) is 16.1. The number of cyclic esters (lactones) is 1. The van der Waals surface area contributed by atoms with Gasteiger partial charge in [-0.05, 0) is 127 Å². The highest BCUT2D eigenvalue weighted by Crippen LogP contribution is 2.54. The number of fused-ring (bicyclic) bond motifs is 7. The Bertz CT molecular complexity index is 3110. The molecule has 19 heteroatoms. The van der Waals surface area contributed by atoms with Crippen LogP contribution in [0.2, 0.25) is 0 Å². The molecule has 3 aromatic heterocycles. The number of benzene rings is 1. The number of carbonyl (C=O) groups excluding carboxylic acids is 4. The number of ether oxygens (including phenoxy) is 3. The van der Waals surface area contributed by atoms with E-state index in [1.54, 1.807) is 12.1 Å². The van der Waals surface area contributed by atoms with Crippen molar-refractivity contribution in [2.24, 2.45) is 22.7 Å². The van der Waals surface area contributed by atoms with Gasteiger partial charge in [0.1, 0.15) is 18.1 Å². The molecule has 0 radical (unpaired) electrons. The van der Waals surface area contributed by atoms with Crippen molar-refractivity contribution in [2.45, 2.75) is 173 Å². The number of likely N-dealkylation sites (tertiary alicyclic amines) is 2. The number of hydrogen-bond donors (Lipinski definition) is 2. The summed E-state index contributed by atoms with van der Waals surface area (Å²) in [4.78, 5) is 81.7. The van der Waals surface area contributed by atoms with Crippen LogP contribution in [0.1, 0.15) is 127 Å². The van der Waals surface area contributed by atoms with Gasteiger partial charge in [0.15, 0.2) is 0 Å². The number of morpholine rings is 1. The van der Waals surface area contributed by atoms with Gasteiger partial charge in [-0.3, -0.25) is 43.9 Å². The number of piperazine rings is 1. The second kappa shape index (κ2) is 22.4.